The van der Waals surface area contributed by atoms with Gasteiger partial charge in [0.25, 0.3) is 0 Å². The number of carbonyl (C=O) groups is 1. The van der Waals surface area contributed by atoms with Gasteiger partial charge in [0.05, 0.1) is 0 Å². The van der Waals surface area contributed by atoms with Gasteiger partial charge in [-0.25, -0.2) is 0 Å². The van der Waals surface area contributed by atoms with Gasteiger partial charge < -0.3 is 4.74 Å². The van der Waals surface area contributed by atoms with Crippen LogP contribution in [0, 0.1) is 0 Å². The monoisotopic (exact) mass is 143 g/mol. The third kappa shape index (κ3) is 1.70. The third-order valence-electron chi connectivity index (χ3n) is 1.62. The van der Waals surface area contributed by atoms with Crippen LogP contribution in [0.15, 0.2) is 0 Å². The van der Waals surface area contributed by atoms with E-state index in [2.05, 4.69) is 4.90 Å². The van der Waals surface area contributed by atoms with E-state index in [1.54, 1.807) is 0 Å². The molecule has 0 bridgehead atoms. The van der Waals surface area contributed by atoms with Crippen molar-refractivity contribution in [2.24, 2.45) is 0 Å². The molecule has 0 N–H and O–H groups in total. The highest BCUT2D eigenvalue weighted by atomic mass is 16.5. The molecule has 3 heteroatoms. The summed E-state index contributed by atoms with van der Waals surface area (Å²) in [4.78, 5) is 12.8. The molecular formula is C7H13NO2. The van der Waals surface area contributed by atoms with Crippen molar-refractivity contribution in [2.75, 3.05) is 20.1 Å². The van der Waals surface area contributed by atoms with Crippen molar-refractivity contribution >= 4 is 5.97 Å². The lowest BCUT2D eigenvalue weighted by molar-refractivity contribution is -0.155. The predicted molar refractivity (Wildman–Crippen MR) is 37.7 cm³/mol. The molecule has 0 aromatic rings. The minimum absolute atomic E-state index is 0.0851. The van der Waals surface area contributed by atoms with Crippen LogP contribution >= 0.6 is 0 Å². The van der Waals surface area contributed by atoms with Gasteiger partial charge in [0.2, 0.25) is 0 Å². The smallest absolute Gasteiger partial charge is 0.305 e. The summed E-state index contributed by atoms with van der Waals surface area (Å²) in [6.45, 7) is 3.60. The Morgan fingerprint density at radius 2 is 2.30 bits per heavy atom. The van der Waals surface area contributed by atoms with Crippen molar-refractivity contribution in [2.45, 2.75) is 19.4 Å². The summed E-state index contributed by atoms with van der Waals surface area (Å²) in [5.41, 5.74) is 0. The Balaban J connectivity index is 2.10. The summed E-state index contributed by atoms with van der Waals surface area (Å²) >= 11 is 0. The van der Waals surface area contributed by atoms with Crippen molar-refractivity contribution in [1.29, 1.82) is 0 Å². The number of likely N-dealkylation sites (tertiary alicyclic amines) is 1. The molecule has 0 spiro atoms. The van der Waals surface area contributed by atoms with Gasteiger partial charge in [-0.15, -0.1) is 0 Å². The quantitative estimate of drug-likeness (QED) is 0.519. The second-order valence-electron chi connectivity index (χ2n) is 2.69. The highest BCUT2D eigenvalue weighted by Gasteiger charge is 2.25. The Morgan fingerprint density at radius 3 is 2.70 bits per heavy atom. The van der Waals surface area contributed by atoms with Gasteiger partial charge in [0.1, 0.15) is 6.10 Å². The first-order chi connectivity index (χ1) is 4.72. The second-order valence-corrected chi connectivity index (χ2v) is 2.69. The minimum atomic E-state index is -0.0851. The average Bonchev–Trinajstić information content (AvgIpc) is 1.84. The van der Waals surface area contributed by atoms with Gasteiger partial charge in [-0.2, -0.15) is 0 Å². The van der Waals surface area contributed by atoms with E-state index in [0.717, 1.165) is 13.1 Å². The van der Waals surface area contributed by atoms with E-state index in [-0.39, 0.29) is 12.1 Å². The average molecular weight is 143 g/mol. The van der Waals surface area contributed by atoms with Crippen LogP contribution < -0.4 is 0 Å². The van der Waals surface area contributed by atoms with E-state index < -0.39 is 0 Å². The molecule has 1 fully saturated rings. The van der Waals surface area contributed by atoms with Gasteiger partial charge in [0.15, 0.2) is 0 Å². The van der Waals surface area contributed by atoms with Crippen molar-refractivity contribution < 1.29 is 9.53 Å². The number of carbonyl (C=O) groups excluding carboxylic acids is 1. The molecule has 0 amide bonds. The van der Waals surface area contributed by atoms with Crippen molar-refractivity contribution in [3.8, 4) is 0 Å². The third-order valence-corrected chi connectivity index (χ3v) is 1.62. The molecule has 0 aliphatic carbocycles. The summed E-state index contributed by atoms with van der Waals surface area (Å²) in [6.07, 6.45) is 0.651. The normalized spacial score (nSPS) is 20.2. The lowest BCUT2D eigenvalue weighted by Crippen LogP contribution is -2.50. The maximum Gasteiger partial charge on any atom is 0.305 e. The predicted octanol–water partition coefficient (Wildman–Crippen LogP) is 0.254. The van der Waals surface area contributed by atoms with Gasteiger partial charge >= 0.3 is 5.97 Å². The number of esters is 1. The molecule has 1 aliphatic rings. The fraction of sp³-hybridized carbons (Fsp3) is 0.857. The Bertz CT molecular complexity index is 130. The number of likely N-dealkylation sites (N-methyl/N-ethyl adjacent to an activating group) is 1. The first-order valence-corrected chi connectivity index (χ1v) is 3.60. The van der Waals surface area contributed by atoms with Crippen LogP contribution in [0.3, 0.4) is 0 Å². The molecule has 0 saturated carbocycles. The van der Waals surface area contributed by atoms with Crippen molar-refractivity contribution in [3.05, 3.63) is 0 Å². The van der Waals surface area contributed by atoms with Crippen LogP contribution in [0.2, 0.25) is 0 Å². The molecule has 0 aromatic heterocycles. The topological polar surface area (TPSA) is 29.5 Å². The SMILES string of the molecule is CCC(=O)OC1CN(C)C1. The zero-order valence-corrected chi connectivity index (χ0v) is 6.46. The second kappa shape index (κ2) is 3.01. The summed E-state index contributed by atoms with van der Waals surface area (Å²) in [5.74, 6) is -0.0851. The molecule has 0 atom stereocenters. The molecule has 0 aromatic carbocycles. The van der Waals surface area contributed by atoms with Crippen molar-refractivity contribution in [1.82, 2.24) is 4.90 Å². The van der Waals surface area contributed by atoms with Crippen LogP contribution in [-0.4, -0.2) is 37.1 Å². The maximum atomic E-state index is 10.7. The van der Waals surface area contributed by atoms with E-state index in [0.29, 0.717) is 6.42 Å². The van der Waals surface area contributed by atoms with E-state index in [9.17, 15) is 4.79 Å². The number of rotatable bonds is 2. The Hall–Kier alpha value is -0.570. The molecule has 58 valence electrons. The van der Waals surface area contributed by atoms with E-state index >= 15 is 0 Å². The van der Waals surface area contributed by atoms with Gasteiger partial charge in [-0.05, 0) is 7.05 Å². The van der Waals surface area contributed by atoms with E-state index in [1.165, 1.54) is 0 Å². The number of nitrogens with zero attached hydrogens (tertiary/aromatic N) is 1. The molecule has 0 unspecified atom stereocenters. The van der Waals surface area contributed by atoms with Crippen LogP contribution in [-0.2, 0) is 9.53 Å². The minimum Gasteiger partial charge on any atom is -0.460 e. The standard InChI is InChI=1S/C7H13NO2/c1-3-7(9)10-6-4-8(2)5-6/h6H,3-5H2,1-2H3. The molecule has 0 radical (unpaired) electrons. The van der Waals surface area contributed by atoms with Crippen LogP contribution in [0.4, 0.5) is 0 Å². The highest BCUT2D eigenvalue weighted by molar-refractivity contribution is 5.69. The molecule has 1 rings (SSSR count). The lowest BCUT2D eigenvalue weighted by atomic mass is 10.2. The Labute approximate surface area is 61.0 Å². The fourth-order valence-corrected chi connectivity index (χ4v) is 0.986. The van der Waals surface area contributed by atoms with Crippen LogP contribution in [0.1, 0.15) is 13.3 Å². The zero-order valence-electron chi connectivity index (χ0n) is 6.46. The molecule has 3 nitrogen and oxygen atoms in total. The van der Waals surface area contributed by atoms with Gasteiger partial charge in [-0.3, -0.25) is 9.69 Å². The largest absolute Gasteiger partial charge is 0.460 e. The summed E-state index contributed by atoms with van der Waals surface area (Å²) < 4.78 is 5.03. The number of hydrogen-bond acceptors (Lipinski definition) is 3. The summed E-state index contributed by atoms with van der Waals surface area (Å²) in [6, 6.07) is 0. The summed E-state index contributed by atoms with van der Waals surface area (Å²) in [5, 5.41) is 0. The molecule has 1 saturated heterocycles. The first kappa shape index (κ1) is 7.54. The molecule has 10 heavy (non-hydrogen) atoms. The maximum absolute atomic E-state index is 10.7. The molecule has 1 aliphatic heterocycles. The van der Waals surface area contributed by atoms with Gasteiger partial charge in [0, 0.05) is 19.5 Å². The number of hydrogen-bond donors (Lipinski definition) is 0. The van der Waals surface area contributed by atoms with Crippen LogP contribution in [0.5, 0.6) is 0 Å². The van der Waals surface area contributed by atoms with Crippen LogP contribution in [0.25, 0.3) is 0 Å². The Morgan fingerprint density at radius 1 is 1.70 bits per heavy atom. The Kier molecular flexibility index (Phi) is 2.27. The summed E-state index contributed by atoms with van der Waals surface area (Å²) in [7, 11) is 2.01. The van der Waals surface area contributed by atoms with E-state index in [4.69, 9.17) is 4.74 Å². The van der Waals surface area contributed by atoms with E-state index in [1.807, 2.05) is 14.0 Å². The zero-order chi connectivity index (χ0) is 7.56. The van der Waals surface area contributed by atoms with Crippen molar-refractivity contribution in [3.63, 3.8) is 0 Å². The highest BCUT2D eigenvalue weighted by Crippen LogP contribution is 2.08. The number of ether oxygens (including phenoxy) is 1. The molecule has 1 heterocycles. The first-order valence-electron chi connectivity index (χ1n) is 3.60. The van der Waals surface area contributed by atoms with Gasteiger partial charge in [-0.1, -0.05) is 6.92 Å². The molecular weight excluding hydrogens is 130 g/mol. The lowest BCUT2D eigenvalue weighted by Gasteiger charge is -2.35. The fourth-order valence-electron chi connectivity index (χ4n) is 0.986.